The Morgan fingerprint density at radius 1 is 1.06 bits per heavy atom. The van der Waals surface area contributed by atoms with Crippen molar-refractivity contribution < 1.29 is 18.1 Å². The van der Waals surface area contributed by atoms with E-state index in [4.69, 9.17) is 9.73 Å². The van der Waals surface area contributed by atoms with E-state index in [0.717, 1.165) is 61.1 Å². The molecule has 0 spiro atoms. The molecule has 2 aromatic carbocycles. The van der Waals surface area contributed by atoms with Gasteiger partial charge in [-0.3, -0.25) is 0 Å². The third-order valence-corrected chi connectivity index (χ3v) is 8.29. The van der Waals surface area contributed by atoms with Gasteiger partial charge in [-0.2, -0.15) is 0 Å². The number of hydrogen-bond donors (Lipinski definition) is 1. The number of hydrogen-bond acceptors (Lipinski definition) is 5. The molecule has 1 aromatic heterocycles. The number of rotatable bonds is 7. The monoisotopic (exact) mass is 473 g/mol. The molecule has 32 heavy (non-hydrogen) atoms. The quantitative estimate of drug-likeness (QED) is 0.567. The highest BCUT2D eigenvalue weighted by Crippen LogP contribution is 2.23. The molecule has 7 nitrogen and oxygen atoms in total. The first-order valence-electron chi connectivity index (χ1n) is 10.7. The Morgan fingerprint density at radius 2 is 1.75 bits per heavy atom. The van der Waals surface area contributed by atoms with E-state index in [1.807, 2.05) is 42.5 Å². The van der Waals surface area contributed by atoms with E-state index in [0.29, 0.717) is 4.90 Å². The summed E-state index contributed by atoms with van der Waals surface area (Å²) in [6.07, 6.45) is 0. The summed E-state index contributed by atoms with van der Waals surface area (Å²) in [6, 6.07) is 17.1. The predicted octanol–water partition coefficient (Wildman–Crippen LogP) is 1.61. The summed E-state index contributed by atoms with van der Waals surface area (Å²) in [5.74, 6) is 0. The van der Waals surface area contributed by atoms with Crippen molar-refractivity contribution in [3.8, 4) is 11.3 Å². The number of thiazole rings is 1. The average molecular weight is 474 g/mol. The van der Waals surface area contributed by atoms with Gasteiger partial charge in [-0.25, -0.2) is 17.7 Å². The molecule has 4 rings (SSSR count). The Hall–Kier alpha value is -2.30. The van der Waals surface area contributed by atoms with E-state index in [9.17, 15) is 8.42 Å². The fourth-order valence-corrected chi connectivity index (χ4v) is 5.52. The van der Waals surface area contributed by atoms with E-state index in [-0.39, 0.29) is 0 Å². The summed E-state index contributed by atoms with van der Waals surface area (Å²) in [4.78, 5) is 7.63. The first-order valence-corrected chi connectivity index (χ1v) is 13.0. The summed E-state index contributed by atoms with van der Waals surface area (Å²) in [5, 5.41) is 2.10. The van der Waals surface area contributed by atoms with Crippen molar-refractivity contribution in [2.24, 2.45) is 4.99 Å². The van der Waals surface area contributed by atoms with Gasteiger partial charge in [0, 0.05) is 19.5 Å². The molecule has 1 saturated heterocycles. The second-order valence-electron chi connectivity index (χ2n) is 7.93. The molecule has 1 N–H and O–H groups in total. The lowest BCUT2D eigenvalue weighted by molar-refractivity contribution is -0.908. The maximum absolute atomic E-state index is 12.4. The maximum Gasteiger partial charge on any atom is 0.242 e. The molecule has 0 bridgehead atoms. The van der Waals surface area contributed by atoms with Crippen LogP contribution in [0.5, 0.6) is 0 Å². The summed E-state index contributed by atoms with van der Waals surface area (Å²) in [5.41, 5.74) is 2.94. The minimum absolute atomic E-state index is 0.292. The molecular weight excluding hydrogens is 444 g/mol. The molecule has 0 radical (unpaired) electrons. The highest BCUT2D eigenvalue weighted by atomic mass is 32.2. The van der Waals surface area contributed by atoms with Gasteiger partial charge in [0.25, 0.3) is 0 Å². The van der Waals surface area contributed by atoms with E-state index in [1.54, 1.807) is 37.6 Å². The van der Waals surface area contributed by atoms with Gasteiger partial charge >= 0.3 is 0 Å². The minimum atomic E-state index is -3.45. The van der Waals surface area contributed by atoms with Gasteiger partial charge in [-0.15, -0.1) is 11.3 Å². The Labute approximate surface area is 193 Å². The lowest BCUT2D eigenvalue weighted by atomic mass is 10.2. The van der Waals surface area contributed by atoms with Gasteiger partial charge in [0.1, 0.15) is 13.1 Å². The zero-order valence-corrected chi connectivity index (χ0v) is 20.0. The first-order chi connectivity index (χ1) is 15.4. The third-order valence-electron chi connectivity index (χ3n) is 5.60. The van der Waals surface area contributed by atoms with Gasteiger partial charge in [-0.1, -0.05) is 30.3 Å². The molecule has 1 fully saturated rings. The number of nitrogens with zero attached hydrogens (tertiary/aromatic N) is 3. The molecule has 170 valence electrons. The van der Waals surface area contributed by atoms with Gasteiger partial charge < -0.3 is 14.2 Å². The molecule has 0 saturated carbocycles. The first kappa shape index (κ1) is 22.9. The van der Waals surface area contributed by atoms with E-state index in [2.05, 4.69) is 9.95 Å². The zero-order chi connectivity index (χ0) is 22.6. The minimum Gasteiger partial charge on any atom is -0.370 e. The van der Waals surface area contributed by atoms with Crippen LogP contribution in [-0.4, -0.2) is 64.2 Å². The third kappa shape index (κ3) is 5.19. The highest BCUT2D eigenvalue weighted by molar-refractivity contribution is 7.89. The van der Waals surface area contributed by atoms with Crippen LogP contribution < -0.4 is 9.70 Å². The number of sulfonamides is 1. The van der Waals surface area contributed by atoms with Crippen LogP contribution in [0.4, 0.5) is 5.69 Å². The molecule has 0 atom stereocenters. The predicted molar refractivity (Wildman–Crippen MR) is 127 cm³/mol. The molecular formula is C23H29N4O3S2+. The SMILES string of the molecule is CN(C)S(=O)(=O)c1ccc(-c2csc(=Nc3ccccc3)n2CC[NH+]2CCOCC2)cc1. The number of benzene rings is 2. The topological polar surface area (TPSA) is 68.3 Å². The van der Waals surface area contributed by atoms with Crippen LogP contribution in [0.15, 0.2) is 69.9 Å². The summed E-state index contributed by atoms with van der Waals surface area (Å²) < 4.78 is 33.8. The van der Waals surface area contributed by atoms with Crippen LogP contribution in [0.25, 0.3) is 11.3 Å². The van der Waals surface area contributed by atoms with Crippen LogP contribution in [0, 0.1) is 0 Å². The molecule has 0 aliphatic carbocycles. The number of quaternary nitrogens is 1. The second-order valence-corrected chi connectivity index (χ2v) is 10.9. The summed E-state index contributed by atoms with van der Waals surface area (Å²) in [6.45, 7) is 5.46. The van der Waals surface area contributed by atoms with Crippen LogP contribution in [-0.2, 0) is 21.3 Å². The van der Waals surface area contributed by atoms with Crippen molar-refractivity contribution in [2.45, 2.75) is 11.4 Å². The molecule has 0 unspecified atom stereocenters. The standard InChI is InChI=1S/C23H28N4O3S2/c1-25(2)32(28,29)21-10-8-19(9-11-21)22-18-31-23(24-20-6-4-3-5-7-20)27(22)13-12-26-14-16-30-17-15-26/h3-11,18H,12-17H2,1-2H3/p+1. The zero-order valence-electron chi connectivity index (χ0n) is 18.4. The highest BCUT2D eigenvalue weighted by Gasteiger charge is 2.19. The molecule has 2 heterocycles. The molecule has 3 aromatic rings. The lowest BCUT2D eigenvalue weighted by Crippen LogP contribution is -3.14. The number of aromatic nitrogens is 1. The van der Waals surface area contributed by atoms with Crippen molar-refractivity contribution in [2.75, 3.05) is 46.9 Å². The Bertz CT molecular complexity index is 1190. The van der Waals surface area contributed by atoms with Gasteiger partial charge in [0.2, 0.25) is 10.0 Å². The van der Waals surface area contributed by atoms with Crippen molar-refractivity contribution in [1.82, 2.24) is 8.87 Å². The van der Waals surface area contributed by atoms with Gasteiger partial charge in [-0.05, 0) is 29.8 Å². The fourth-order valence-electron chi connectivity index (χ4n) is 3.67. The van der Waals surface area contributed by atoms with Crippen LogP contribution in [0.3, 0.4) is 0 Å². The maximum atomic E-state index is 12.4. The number of para-hydroxylation sites is 1. The average Bonchev–Trinajstić information content (AvgIpc) is 3.21. The van der Waals surface area contributed by atoms with Crippen LogP contribution >= 0.6 is 11.3 Å². The molecule has 1 aliphatic rings. The van der Waals surface area contributed by atoms with E-state index in [1.165, 1.54) is 9.21 Å². The molecule has 1 aliphatic heterocycles. The largest absolute Gasteiger partial charge is 0.370 e. The van der Waals surface area contributed by atoms with E-state index >= 15 is 0 Å². The van der Waals surface area contributed by atoms with Crippen molar-refractivity contribution >= 4 is 27.0 Å². The second kappa shape index (κ2) is 10.1. The van der Waals surface area contributed by atoms with Crippen molar-refractivity contribution in [1.29, 1.82) is 0 Å². The van der Waals surface area contributed by atoms with Gasteiger partial charge in [0.15, 0.2) is 4.80 Å². The normalized spacial score (nSPS) is 16.0. The molecule has 0 amide bonds. The number of ether oxygens (including phenoxy) is 1. The smallest absolute Gasteiger partial charge is 0.242 e. The summed E-state index contributed by atoms with van der Waals surface area (Å²) >= 11 is 1.60. The van der Waals surface area contributed by atoms with E-state index < -0.39 is 10.0 Å². The van der Waals surface area contributed by atoms with Crippen molar-refractivity contribution in [3.05, 3.63) is 64.8 Å². The number of morpholine rings is 1. The Morgan fingerprint density at radius 3 is 2.41 bits per heavy atom. The lowest BCUT2D eigenvalue weighted by Gasteiger charge is -2.24. The van der Waals surface area contributed by atoms with Crippen molar-refractivity contribution in [3.63, 3.8) is 0 Å². The van der Waals surface area contributed by atoms with Gasteiger partial charge in [0.05, 0.1) is 42.6 Å². The number of nitrogens with one attached hydrogen (secondary N) is 1. The van der Waals surface area contributed by atoms with Crippen LogP contribution in [0.2, 0.25) is 0 Å². The Kier molecular flexibility index (Phi) is 7.22. The molecule has 9 heteroatoms. The van der Waals surface area contributed by atoms with Crippen LogP contribution in [0.1, 0.15) is 0 Å². The fraction of sp³-hybridized carbons (Fsp3) is 0.348. The Balaban J connectivity index is 1.69. The summed E-state index contributed by atoms with van der Waals surface area (Å²) in [7, 11) is -0.365.